The summed E-state index contributed by atoms with van der Waals surface area (Å²) in [6, 6.07) is 18.0. The van der Waals surface area contributed by atoms with Gasteiger partial charge in [0, 0.05) is 12.0 Å². The van der Waals surface area contributed by atoms with Gasteiger partial charge in [-0.25, -0.2) is 4.79 Å². The predicted molar refractivity (Wildman–Crippen MR) is 120 cm³/mol. The van der Waals surface area contributed by atoms with Crippen molar-refractivity contribution in [3.63, 3.8) is 0 Å². The lowest BCUT2D eigenvalue weighted by atomic mass is 9.92. The minimum absolute atomic E-state index is 0.0268. The number of rotatable bonds is 9. The van der Waals surface area contributed by atoms with Gasteiger partial charge in [0.2, 0.25) is 0 Å². The maximum Gasteiger partial charge on any atom is 0.430 e. The third-order valence-corrected chi connectivity index (χ3v) is 5.41. The van der Waals surface area contributed by atoms with Crippen molar-refractivity contribution in [1.82, 2.24) is 0 Å². The zero-order chi connectivity index (χ0) is 27.3. The number of aliphatic hydroxyl groups is 1. The number of esters is 1. The summed E-state index contributed by atoms with van der Waals surface area (Å²) in [5.41, 5.74) is -5.26. The molecule has 3 aromatic rings. The molecule has 1 atom stereocenters. The molecule has 3 aromatic carbocycles. The molecule has 198 valence electrons. The van der Waals surface area contributed by atoms with E-state index in [0.29, 0.717) is 29.9 Å². The second-order valence-electron chi connectivity index (χ2n) is 7.99. The van der Waals surface area contributed by atoms with Crippen molar-refractivity contribution < 1.29 is 50.5 Å². The van der Waals surface area contributed by atoms with Crippen molar-refractivity contribution in [3.8, 4) is 11.5 Å². The Morgan fingerprint density at radius 2 is 1.35 bits per heavy atom. The van der Waals surface area contributed by atoms with E-state index in [4.69, 9.17) is 9.47 Å². The van der Waals surface area contributed by atoms with Crippen LogP contribution in [0, 0.1) is 0 Å². The lowest BCUT2D eigenvalue weighted by molar-refractivity contribution is -0.376. The van der Waals surface area contributed by atoms with Gasteiger partial charge in [-0.05, 0) is 42.0 Å². The van der Waals surface area contributed by atoms with Gasteiger partial charge in [-0.15, -0.1) is 0 Å². The van der Waals surface area contributed by atoms with Crippen LogP contribution in [0.4, 0.5) is 26.3 Å². The number of carbonyl (C=O) groups is 1. The van der Waals surface area contributed by atoms with E-state index in [1.807, 2.05) is 12.1 Å². The predicted octanol–water partition coefficient (Wildman–Crippen LogP) is 5.85. The molecule has 0 aliphatic carbocycles. The average Bonchev–Trinajstić information content (AvgIpc) is 2.86. The quantitative estimate of drug-likeness (QED) is 0.279. The number of halogens is 6. The molecule has 0 unspecified atom stereocenters. The van der Waals surface area contributed by atoms with Crippen LogP contribution in [-0.2, 0) is 16.8 Å². The van der Waals surface area contributed by atoms with Crippen LogP contribution in [0.2, 0.25) is 0 Å². The molecular weight excluding hydrogens is 506 g/mol. The Morgan fingerprint density at radius 1 is 0.811 bits per heavy atom. The third-order valence-electron chi connectivity index (χ3n) is 5.41. The molecule has 0 spiro atoms. The normalized spacial score (nSPS) is 13.1. The van der Waals surface area contributed by atoms with Gasteiger partial charge in [0.15, 0.2) is 0 Å². The topological polar surface area (TPSA) is 65.0 Å². The number of hydrogen-bond donors (Lipinski definition) is 1. The Hall–Kier alpha value is -3.73. The second-order valence-corrected chi connectivity index (χ2v) is 7.99. The SMILES string of the molecule is COC(=O)c1ccc(OC[C@H](Cc2ccccc2)Oc2ccc(C(O)(C(F)(F)F)C(F)(F)F)cc2)cc1. The van der Waals surface area contributed by atoms with E-state index >= 15 is 0 Å². The molecule has 11 heteroatoms. The molecule has 5 nitrogen and oxygen atoms in total. The van der Waals surface area contributed by atoms with Crippen LogP contribution in [0.25, 0.3) is 0 Å². The molecule has 0 amide bonds. The smallest absolute Gasteiger partial charge is 0.430 e. The maximum absolute atomic E-state index is 13.1. The van der Waals surface area contributed by atoms with Crippen molar-refractivity contribution in [1.29, 1.82) is 0 Å². The lowest BCUT2D eigenvalue weighted by Crippen LogP contribution is -2.53. The van der Waals surface area contributed by atoms with Crippen LogP contribution in [0.15, 0.2) is 78.9 Å². The van der Waals surface area contributed by atoms with Crippen molar-refractivity contribution >= 4 is 5.97 Å². The Bertz CT molecular complexity index is 1150. The highest BCUT2D eigenvalue weighted by atomic mass is 19.4. The van der Waals surface area contributed by atoms with E-state index in [2.05, 4.69) is 4.74 Å². The molecular formula is C26H22F6O5. The van der Waals surface area contributed by atoms with Crippen LogP contribution in [0.1, 0.15) is 21.5 Å². The first-order chi connectivity index (χ1) is 17.3. The van der Waals surface area contributed by atoms with Gasteiger partial charge >= 0.3 is 18.3 Å². The summed E-state index contributed by atoms with van der Waals surface area (Å²) in [4.78, 5) is 11.6. The van der Waals surface area contributed by atoms with Crippen LogP contribution < -0.4 is 9.47 Å². The van der Waals surface area contributed by atoms with Gasteiger partial charge in [-0.1, -0.05) is 42.5 Å². The van der Waals surface area contributed by atoms with Crippen LogP contribution >= 0.6 is 0 Å². The first-order valence-corrected chi connectivity index (χ1v) is 10.8. The summed E-state index contributed by atoms with van der Waals surface area (Å²) < 4.78 is 95.1. The summed E-state index contributed by atoms with van der Waals surface area (Å²) in [5.74, 6) is -0.158. The highest BCUT2D eigenvalue weighted by Gasteiger charge is 2.71. The molecule has 0 heterocycles. The Balaban J connectivity index is 1.79. The van der Waals surface area contributed by atoms with Gasteiger partial charge in [-0.2, -0.15) is 26.3 Å². The molecule has 3 rings (SSSR count). The zero-order valence-corrected chi connectivity index (χ0v) is 19.3. The van der Waals surface area contributed by atoms with E-state index in [1.165, 1.54) is 31.4 Å². The van der Waals surface area contributed by atoms with Crippen LogP contribution in [-0.4, -0.2) is 43.2 Å². The lowest BCUT2D eigenvalue weighted by Gasteiger charge is -2.32. The molecule has 0 aliphatic rings. The average molecular weight is 528 g/mol. The summed E-state index contributed by atoms with van der Waals surface area (Å²) in [6.45, 7) is -0.0384. The first-order valence-electron chi connectivity index (χ1n) is 10.8. The Labute approximate surface area is 208 Å². The standard InChI is InChI=1S/C26H22F6O5/c1-35-23(33)18-7-11-20(12-8-18)36-16-22(15-17-5-3-2-4-6-17)37-21-13-9-19(10-14-21)24(34,25(27,28)29)26(30,31)32/h2-14,22,34H,15-16H2,1H3/t22-/m0/s1. The van der Waals surface area contributed by atoms with Gasteiger partial charge in [0.1, 0.15) is 24.2 Å². The number of alkyl halides is 6. The molecule has 0 saturated carbocycles. The second kappa shape index (κ2) is 11.1. The molecule has 0 saturated heterocycles. The minimum Gasteiger partial charge on any atom is -0.490 e. The summed E-state index contributed by atoms with van der Waals surface area (Å²) in [7, 11) is 1.25. The third kappa shape index (κ3) is 6.53. The van der Waals surface area contributed by atoms with Crippen molar-refractivity contribution in [2.24, 2.45) is 0 Å². The van der Waals surface area contributed by atoms with Crippen molar-refractivity contribution in [2.75, 3.05) is 13.7 Å². The Kier molecular flexibility index (Phi) is 8.37. The maximum atomic E-state index is 13.1. The molecule has 0 bridgehead atoms. The molecule has 0 aromatic heterocycles. The van der Waals surface area contributed by atoms with Crippen molar-refractivity contribution in [2.45, 2.75) is 30.5 Å². The fraction of sp³-hybridized carbons (Fsp3) is 0.269. The fourth-order valence-corrected chi connectivity index (χ4v) is 3.46. The molecule has 37 heavy (non-hydrogen) atoms. The molecule has 0 radical (unpaired) electrons. The molecule has 0 aliphatic heterocycles. The highest BCUT2D eigenvalue weighted by molar-refractivity contribution is 5.89. The van der Waals surface area contributed by atoms with Gasteiger partial charge in [0.05, 0.1) is 12.7 Å². The summed E-state index contributed by atoms with van der Waals surface area (Å²) >= 11 is 0. The number of carbonyl (C=O) groups excluding carboxylic acids is 1. The van der Waals surface area contributed by atoms with E-state index in [0.717, 1.165) is 17.7 Å². The zero-order valence-electron chi connectivity index (χ0n) is 19.3. The number of methoxy groups -OCH3 is 1. The number of ether oxygens (including phenoxy) is 3. The number of hydrogen-bond acceptors (Lipinski definition) is 5. The molecule has 1 N–H and O–H groups in total. The van der Waals surface area contributed by atoms with E-state index in [-0.39, 0.29) is 12.4 Å². The number of benzene rings is 3. The van der Waals surface area contributed by atoms with Crippen LogP contribution in [0.3, 0.4) is 0 Å². The fourth-order valence-electron chi connectivity index (χ4n) is 3.46. The van der Waals surface area contributed by atoms with Gasteiger partial charge in [0.25, 0.3) is 5.60 Å². The van der Waals surface area contributed by atoms with E-state index in [9.17, 15) is 36.2 Å². The van der Waals surface area contributed by atoms with E-state index in [1.54, 1.807) is 18.2 Å². The summed E-state index contributed by atoms with van der Waals surface area (Å²) in [5, 5.41) is 9.56. The van der Waals surface area contributed by atoms with Crippen molar-refractivity contribution in [3.05, 3.63) is 95.6 Å². The molecule has 0 fully saturated rings. The van der Waals surface area contributed by atoms with Crippen LogP contribution in [0.5, 0.6) is 11.5 Å². The van der Waals surface area contributed by atoms with E-state index < -0.39 is 35.6 Å². The largest absolute Gasteiger partial charge is 0.490 e. The van der Waals surface area contributed by atoms with Gasteiger partial charge in [-0.3, -0.25) is 0 Å². The first kappa shape index (κ1) is 27.9. The van der Waals surface area contributed by atoms with Gasteiger partial charge < -0.3 is 19.3 Å². The monoisotopic (exact) mass is 528 g/mol. The summed E-state index contributed by atoms with van der Waals surface area (Å²) in [6.07, 6.45) is -12.4. The minimum atomic E-state index is -5.99. The Morgan fingerprint density at radius 3 is 1.86 bits per heavy atom. The highest BCUT2D eigenvalue weighted by Crippen LogP contribution is 2.50.